The molecule has 0 aromatic heterocycles. The summed E-state index contributed by atoms with van der Waals surface area (Å²) in [6, 6.07) is 0. The molecule has 2 heteroatoms. The lowest BCUT2D eigenvalue weighted by molar-refractivity contribution is -0.130. The number of allylic oxidation sites excluding steroid dienone is 4. The van der Waals surface area contributed by atoms with Gasteiger partial charge in [-0.3, -0.25) is 9.59 Å². The summed E-state index contributed by atoms with van der Waals surface area (Å²) in [5.41, 5.74) is 3.16. The van der Waals surface area contributed by atoms with Gasteiger partial charge in [0.05, 0.1) is 5.41 Å². The summed E-state index contributed by atoms with van der Waals surface area (Å²) >= 11 is 0. The van der Waals surface area contributed by atoms with Gasteiger partial charge in [0.15, 0.2) is 5.78 Å². The zero-order chi connectivity index (χ0) is 17.6. The van der Waals surface area contributed by atoms with Crippen molar-refractivity contribution >= 4 is 11.6 Å². The summed E-state index contributed by atoms with van der Waals surface area (Å²) in [5, 5.41) is 0. The van der Waals surface area contributed by atoms with Gasteiger partial charge < -0.3 is 0 Å². The standard InChI is InChI=1S/C23H30O2/c1-14-12-15-13-16(24)4-10-22(15,3)17-6-11-23-18(20(14)17)5-8-21(23,2)9-7-19(23)25/h5,13-14,17,20H,4,6-12H2,1-3H3/t14-,17?,20?,21+,22?,23?/m1/s1. The smallest absolute Gasteiger partial charge is 0.155 e. The molecule has 1 spiro atoms. The molecule has 0 aromatic carbocycles. The molecule has 3 saturated carbocycles. The van der Waals surface area contributed by atoms with Crippen LogP contribution in [0, 0.1) is 34.0 Å². The van der Waals surface area contributed by atoms with Crippen LogP contribution in [0.4, 0.5) is 0 Å². The Morgan fingerprint density at radius 1 is 1.08 bits per heavy atom. The van der Waals surface area contributed by atoms with E-state index < -0.39 is 0 Å². The molecule has 134 valence electrons. The molecule has 0 bridgehead atoms. The van der Waals surface area contributed by atoms with E-state index in [0.29, 0.717) is 35.7 Å². The van der Waals surface area contributed by atoms with Gasteiger partial charge in [-0.25, -0.2) is 0 Å². The molecule has 0 aromatic rings. The predicted octanol–water partition coefficient (Wildman–Crippen LogP) is 5.03. The van der Waals surface area contributed by atoms with E-state index in [1.807, 2.05) is 6.08 Å². The Hall–Kier alpha value is -1.18. The minimum absolute atomic E-state index is 0.134. The first-order valence-electron chi connectivity index (χ1n) is 10.3. The molecule has 0 heterocycles. The number of Topliss-reactive ketones (excluding diaryl/α,β-unsaturated/α-hetero) is 1. The summed E-state index contributed by atoms with van der Waals surface area (Å²) in [4.78, 5) is 25.1. The van der Waals surface area contributed by atoms with Crippen LogP contribution in [0.5, 0.6) is 0 Å². The highest BCUT2D eigenvalue weighted by Gasteiger charge is 2.67. The van der Waals surface area contributed by atoms with E-state index in [2.05, 4.69) is 26.8 Å². The van der Waals surface area contributed by atoms with Crippen LogP contribution in [0.25, 0.3) is 0 Å². The van der Waals surface area contributed by atoms with E-state index in [-0.39, 0.29) is 16.2 Å². The van der Waals surface area contributed by atoms with Gasteiger partial charge in [-0.15, -0.1) is 0 Å². The van der Waals surface area contributed by atoms with Gasteiger partial charge in [0.25, 0.3) is 0 Å². The van der Waals surface area contributed by atoms with Gasteiger partial charge in [0.2, 0.25) is 0 Å². The maximum absolute atomic E-state index is 13.1. The van der Waals surface area contributed by atoms with Gasteiger partial charge in [0.1, 0.15) is 5.78 Å². The Morgan fingerprint density at radius 2 is 1.88 bits per heavy atom. The molecule has 6 atom stereocenters. The molecule has 5 rings (SSSR count). The fourth-order valence-electron chi connectivity index (χ4n) is 7.80. The van der Waals surface area contributed by atoms with Crippen molar-refractivity contribution in [1.29, 1.82) is 0 Å². The predicted molar refractivity (Wildman–Crippen MR) is 97.9 cm³/mol. The summed E-state index contributed by atoms with van der Waals surface area (Å²) in [6.07, 6.45) is 12.4. The number of fused-ring (bicyclic) bond motifs is 4. The SMILES string of the molecule is C[C@@H]1CC2=CC(=O)CCC2(C)C2CCC34C(=O)CC[C@]3(C)CC=C4C21. The lowest BCUT2D eigenvalue weighted by atomic mass is 9.44. The molecule has 3 fully saturated rings. The highest BCUT2D eigenvalue weighted by atomic mass is 16.1. The number of rotatable bonds is 0. The van der Waals surface area contributed by atoms with Crippen molar-refractivity contribution in [3.8, 4) is 0 Å². The van der Waals surface area contributed by atoms with Crippen LogP contribution in [-0.4, -0.2) is 11.6 Å². The van der Waals surface area contributed by atoms with Crippen LogP contribution < -0.4 is 0 Å². The Bertz CT molecular complexity index is 743. The zero-order valence-electron chi connectivity index (χ0n) is 15.9. The number of ketones is 2. The van der Waals surface area contributed by atoms with E-state index in [1.54, 1.807) is 0 Å². The average molecular weight is 338 g/mol. The molecule has 0 aliphatic heterocycles. The van der Waals surface area contributed by atoms with E-state index >= 15 is 0 Å². The van der Waals surface area contributed by atoms with Crippen molar-refractivity contribution < 1.29 is 9.59 Å². The minimum atomic E-state index is -0.134. The summed E-state index contributed by atoms with van der Waals surface area (Å²) in [6.45, 7) is 7.16. The molecule has 2 nitrogen and oxygen atoms in total. The lowest BCUT2D eigenvalue weighted by Gasteiger charge is -2.59. The van der Waals surface area contributed by atoms with Gasteiger partial charge in [-0.1, -0.05) is 38.0 Å². The molecule has 25 heavy (non-hydrogen) atoms. The molecule has 0 radical (unpaired) electrons. The first kappa shape index (κ1) is 16.0. The van der Waals surface area contributed by atoms with Gasteiger partial charge in [-0.2, -0.15) is 0 Å². The third kappa shape index (κ3) is 1.72. The van der Waals surface area contributed by atoms with E-state index in [0.717, 1.165) is 44.9 Å². The number of carbonyl (C=O) groups is 2. The van der Waals surface area contributed by atoms with Crippen LogP contribution >= 0.6 is 0 Å². The average Bonchev–Trinajstić information content (AvgIpc) is 3.01. The second-order valence-corrected chi connectivity index (χ2v) is 10.2. The summed E-state index contributed by atoms with van der Waals surface area (Å²) < 4.78 is 0. The second kappa shape index (κ2) is 4.75. The monoisotopic (exact) mass is 338 g/mol. The van der Waals surface area contributed by atoms with Crippen LogP contribution in [0.2, 0.25) is 0 Å². The van der Waals surface area contributed by atoms with Crippen LogP contribution in [0.15, 0.2) is 23.3 Å². The van der Waals surface area contributed by atoms with Crippen molar-refractivity contribution in [3.05, 3.63) is 23.3 Å². The van der Waals surface area contributed by atoms with Gasteiger partial charge >= 0.3 is 0 Å². The van der Waals surface area contributed by atoms with Crippen molar-refractivity contribution in [1.82, 2.24) is 0 Å². The quantitative estimate of drug-likeness (QED) is 0.580. The molecule has 5 aliphatic carbocycles. The molecule has 0 N–H and O–H groups in total. The van der Waals surface area contributed by atoms with Crippen molar-refractivity contribution in [2.45, 2.75) is 72.1 Å². The third-order valence-electron chi connectivity index (χ3n) is 9.23. The number of carbonyl (C=O) groups excluding carboxylic acids is 2. The van der Waals surface area contributed by atoms with Crippen molar-refractivity contribution in [2.24, 2.45) is 34.0 Å². The fourth-order valence-corrected chi connectivity index (χ4v) is 7.80. The summed E-state index contributed by atoms with van der Waals surface area (Å²) in [5.74, 6) is 2.57. The molecule has 5 aliphatic rings. The maximum Gasteiger partial charge on any atom is 0.155 e. The molecule has 0 saturated heterocycles. The van der Waals surface area contributed by atoms with Crippen LogP contribution in [0.1, 0.15) is 72.1 Å². The number of hydrogen-bond donors (Lipinski definition) is 0. The third-order valence-corrected chi connectivity index (χ3v) is 9.23. The summed E-state index contributed by atoms with van der Waals surface area (Å²) in [7, 11) is 0. The van der Waals surface area contributed by atoms with Gasteiger partial charge in [-0.05, 0) is 73.2 Å². The molecule has 4 unspecified atom stereocenters. The zero-order valence-corrected chi connectivity index (χ0v) is 15.9. The molecular formula is C23H30O2. The van der Waals surface area contributed by atoms with E-state index in [4.69, 9.17) is 0 Å². The minimum Gasteiger partial charge on any atom is -0.299 e. The van der Waals surface area contributed by atoms with Crippen LogP contribution in [0.3, 0.4) is 0 Å². The lowest BCUT2D eigenvalue weighted by Crippen LogP contribution is -2.53. The van der Waals surface area contributed by atoms with Crippen molar-refractivity contribution in [3.63, 3.8) is 0 Å². The molecule has 0 amide bonds. The highest BCUT2D eigenvalue weighted by Crippen LogP contribution is 2.72. The Balaban J connectivity index is 1.61. The van der Waals surface area contributed by atoms with E-state index in [1.165, 1.54) is 11.1 Å². The molecular weight excluding hydrogens is 308 g/mol. The van der Waals surface area contributed by atoms with Crippen molar-refractivity contribution in [2.75, 3.05) is 0 Å². The van der Waals surface area contributed by atoms with Crippen LogP contribution in [-0.2, 0) is 9.59 Å². The topological polar surface area (TPSA) is 34.1 Å². The van der Waals surface area contributed by atoms with Gasteiger partial charge in [0, 0.05) is 12.8 Å². The Kier molecular flexibility index (Phi) is 3.05. The first-order valence-corrected chi connectivity index (χ1v) is 10.3. The fraction of sp³-hybridized carbons (Fsp3) is 0.739. The largest absolute Gasteiger partial charge is 0.299 e. The maximum atomic E-state index is 13.1. The highest BCUT2D eigenvalue weighted by molar-refractivity contribution is 5.93. The normalized spacial score (nSPS) is 51.2. The Labute approximate surface area is 151 Å². The van der Waals surface area contributed by atoms with E-state index in [9.17, 15) is 9.59 Å². The second-order valence-electron chi connectivity index (χ2n) is 10.2. The number of hydrogen-bond acceptors (Lipinski definition) is 2. The Morgan fingerprint density at radius 3 is 2.68 bits per heavy atom. The first-order chi connectivity index (χ1) is 11.8.